The lowest BCUT2D eigenvalue weighted by Gasteiger charge is -2.08. The Balaban J connectivity index is 2.18. The predicted molar refractivity (Wildman–Crippen MR) is 65.8 cm³/mol. The van der Waals surface area contributed by atoms with Gasteiger partial charge in [-0.15, -0.1) is 0 Å². The zero-order chi connectivity index (χ0) is 12.7. The van der Waals surface area contributed by atoms with Gasteiger partial charge in [-0.05, 0) is 30.2 Å². The third-order valence-corrected chi connectivity index (χ3v) is 2.28. The molecule has 0 unspecified atom stereocenters. The first-order chi connectivity index (χ1) is 8.08. The molecule has 0 amide bonds. The molecule has 0 aliphatic heterocycles. The molecule has 0 saturated carbocycles. The van der Waals surface area contributed by atoms with E-state index in [0.717, 1.165) is 25.7 Å². The van der Waals surface area contributed by atoms with Crippen LogP contribution in [0.1, 0.15) is 19.4 Å². The van der Waals surface area contributed by atoms with Crippen LogP contribution in [0.2, 0.25) is 0 Å². The lowest BCUT2D eigenvalue weighted by molar-refractivity contribution is 0.533. The molecule has 0 aliphatic carbocycles. The Labute approximate surface area is 101 Å². The maximum absolute atomic E-state index is 12.9. The molecule has 2 N–H and O–H groups in total. The van der Waals surface area contributed by atoms with Crippen molar-refractivity contribution in [3.05, 3.63) is 35.4 Å². The number of benzene rings is 1. The summed E-state index contributed by atoms with van der Waals surface area (Å²) < 4.78 is 25.7. The van der Waals surface area contributed by atoms with Gasteiger partial charge in [0.15, 0.2) is 0 Å². The van der Waals surface area contributed by atoms with Crippen molar-refractivity contribution in [2.75, 3.05) is 19.6 Å². The summed E-state index contributed by atoms with van der Waals surface area (Å²) in [6, 6.07) is 3.57. The van der Waals surface area contributed by atoms with Crippen LogP contribution in [0.4, 0.5) is 8.78 Å². The highest BCUT2D eigenvalue weighted by molar-refractivity contribution is 5.17. The molecule has 1 rings (SSSR count). The van der Waals surface area contributed by atoms with Crippen LogP contribution in [0.5, 0.6) is 0 Å². The summed E-state index contributed by atoms with van der Waals surface area (Å²) in [7, 11) is 0. The van der Waals surface area contributed by atoms with Crippen LogP contribution < -0.4 is 10.6 Å². The molecule has 0 aromatic heterocycles. The van der Waals surface area contributed by atoms with Crippen molar-refractivity contribution in [2.24, 2.45) is 5.92 Å². The van der Waals surface area contributed by atoms with Gasteiger partial charge in [-0.2, -0.15) is 0 Å². The van der Waals surface area contributed by atoms with Crippen molar-refractivity contribution in [3.63, 3.8) is 0 Å². The van der Waals surface area contributed by atoms with Gasteiger partial charge < -0.3 is 10.6 Å². The Bertz CT molecular complexity index is 320. The minimum Gasteiger partial charge on any atom is -0.315 e. The standard InChI is InChI=1S/C13H20F2N2/c1-10(2)8-16-3-4-17-9-11-5-12(14)7-13(15)6-11/h5-7,10,16-17H,3-4,8-9H2,1-2H3. The van der Waals surface area contributed by atoms with Crippen LogP contribution >= 0.6 is 0 Å². The van der Waals surface area contributed by atoms with E-state index in [1.165, 1.54) is 12.1 Å². The van der Waals surface area contributed by atoms with Crippen LogP contribution in [-0.2, 0) is 6.54 Å². The molecule has 96 valence electrons. The molecule has 17 heavy (non-hydrogen) atoms. The fraction of sp³-hybridized carbons (Fsp3) is 0.538. The Morgan fingerprint density at radius 2 is 1.59 bits per heavy atom. The smallest absolute Gasteiger partial charge is 0.126 e. The average Bonchev–Trinajstić information content (AvgIpc) is 2.21. The van der Waals surface area contributed by atoms with Crippen molar-refractivity contribution >= 4 is 0 Å². The number of rotatable bonds is 7. The van der Waals surface area contributed by atoms with Crippen molar-refractivity contribution < 1.29 is 8.78 Å². The second kappa shape index (κ2) is 7.35. The Morgan fingerprint density at radius 1 is 1.00 bits per heavy atom. The molecule has 0 spiro atoms. The molecule has 0 aliphatic rings. The van der Waals surface area contributed by atoms with Crippen molar-refractivity contribution in [3.8, 4) is 0 Å². The minimum atomic E-state index is -0.528. The molecule has 0 saturated heterocycles. The molecule has 0 atom stereocenters. The topological polar surface area (TPSA) is 24.1 Å². The van der Waals surface area contributed by atoms with Gasteiger partial charge in [-0.3, -0.25) is 0 Å². The predicted octanol–water partition coefficient (Wildman–Crippen LogP) is 2.30. The highest BCUT2D eigenvalue weighted by atomic mass is 19.1. The highest BCUT2D eigenvalue weighted by Crippen LogP contribution is 2.07. The van der Waals surface area contributed by atoms with Crippen molar-refractivity contribution in [1.82, 2.24) is 10.6 Å². The van der Waals surface area contributed by atoms with Gasteiger partial charge in [0, 0.05) is 25.7 Å². The second-order valence-corrected chi connectivity index (χ2v) is 4.55. The third kappa shape index (κ3) is 6.34. The maximum atomic E-state index is 12.9. The largest absolute Gasteiger partial charge is 0.315 e. The first kappa shape index (κ1) is 14.1. The quantitative estimate of drug-likeness (QED) is 0.717. The number of nitrogens with one attached hydrogen (secondary N) is 2. The SMILES string of the molecule is CC(C)CNCCNCc1cc(F)cc(F)c1. The molecule has 0 bridgehead atoms. The van der Waals surface area contributed by atoms with Crippen LogP contribution in [-0.4, -0.2) is 19.6 Å². The summed E-state index contributed by atoms with van der Waals surface area (Å²) in [6.45, 7) is 7.40. The molecular formula is C13H20F2N2. The van der Waals surface area contributed by atoms with Gasteiger partial charge in [-0.25, -0.2) is 8.78 Å². The Morgan fingerprint density at radius 3 is 2.18 bits per heavy atom. The second-order valence-electron chi connectivity index (χ2n) is 4.55. The molecule has 0 radical (unpaired) electrons. The molecule has 0 fully saturated rings. The minimum absolute atomic E-state index is 0.484. The van der Waals surface area contributed by atoms with E-state index in [0.29, 0.717) is 18.0 Å². The van der Waals surface area contributed by atoms with E-state index in [9.17, 15) is 8.78 Å². The van der Waals surface area contributed by atoms with Gasteiger partial charge in [0.1, 0.15) is 11.6 Å². The summed E-state index contributed by atoms with van der Waals surface area (Å²) in [5.41, 5.74) is 0.631. The van der Waals surface area contributed by atoms with E-state index >= 15 is 0 Å². The van der Waals surface area contributed by atoms with Gasteiger partial charge >= 0.3 is 0 Å². The summed E-state index contributed by atoms with van der Waals surface area (Å²) >= 11 is 0. The first-order valence-electron chi connectivity index (χ1n) is 5.94. The van der Waals surface area contributed by atoms with Crippen molar-refractivity contribution in [1.29, 1.82) is 0 Å². The number of hydrogen-bond acceptors (Lipinski definition) is 2. The van der Waals surface area contributed by atoms with Gasteiger partial charge in [0.2, 0.25) is 0 Å². The van der Waals surface area contributed by atoms with E-state index in [1.54, 1.807) is 0 Å². The molecule has 1 aromatic rings. The summed E-state index contributed by atoms with van der Waals surface area (Å²) in [6.07, 6.45) is 0. The fourth-order valence-corrected chi connectivity index (χ4v) is 1.51. The normalized spacial score (nSPS) is 11.1. The maximum Gasteiger partial charge on any atom is 0.126 e. The number of hydrogen-bond donors (Lipinski definition) is 2. The molecule has 0 heterocycles. The molecule has 4 heteroatoms. The van der Waals surface area contributed by atoms with Crippen LogP contribution in [0.15, 0.2) is 18.2 Å². The van der Waals surface area contributed by atoms with Gasteiger partial charge in [-0.1, -0.05) is 13.8 Å². The van der Waals surface area contributed by atoms with E-state index in [-0.39, 0.29) is 0 Å². The lowest BCUT2D eigenvalue weighted by Crippen LogP contribution is -2.29. The monoisotopic (exact) mass is 242 g/mol. The zero-order valence-corrected chi connectivity index (χ0v) is 10.4. The zero-order valence-electron chi connectivity index (χ0n) is 10.4. The summed E-state index contributed by atoms with van der Waals surface area (Å²) in [5.74, 6) is -0.424. The van der Waals surface area contributed by atoms with Gasteiger partial charge in [0.05, 0.1) is 0 Å². The van der Waals surface area contributed by atoms with Crippen LogP contribution in [0, 0.1) is 17.6 Å². The van der Waals surface area contributed by atoms with E-state index in [1.807, 2.05) is 0 Å². The van der Waals surface area contributed by atoms with Crippen molar-refractivity contribution in [2.45, 2.75) is 20.4 Å². The molecule has 1 aromatic carbocycles. The van der Waals surface area contributed by atoms with Crippen LogP contribution in [0.25, 0.3) is 0 Å². The van der Waals surface area contributed by atoms with E-state index in [4.69, 9.17) is 0 Å². The average molecular weight is 242 g/mol. The van der Waals surface area contributed by atoms with Gasteiger partial charge in [0.25, 0.3) is 0 Å². The molecular weight excluding hydrogens is 222 g/mol. The van der Waals surface area contributed by atoms with E-state index < -0.39 is 11.6 Å². The lowest BCUT2D eigenvalue weighted by atomic mass is 10.2. The van der Waals surface area contributed by atoms with Crippen LogP contribution in [0.3, 0.4) is 0 Å². The Kier molecular flexibility index (Phi) is 6.08. The summed E-state index contributed by atoms with van der Waals surface area (Å²) in [4.78, 5) is 0. The van der Waals surface area contributed by atoms with E-state index in [2.05, 4.69) is 24.5 Å². The fourth-order valence-electron chi connectivity index (χ4n) is 1.51. The Hall–Kier alpha value is -1.00. The number of halogens is 2. The third-order valence-electron chi connectivity index (χ3n) is 2.28. The first-order valence-corrected chi connectivity index (χ1v) is 5.94. The highest BCUT2D eigenvalue weighted by Gasteiger charge is 2.00. The molecule has 2 nitrogen and oxygen atoms in total. The summed E-state index contributed by atoms with van der Waals surface area (Å²) in [5, 5.41) is 6.42.